The lowest BCUT2D eigenvalue weighted by Crippen LogP contribution is -2.26. The SMILES string of the molecule is CC(C)C(COc1ccccc1O)C(=O)O. The molecule has 0 bridgehead atoms. The minimum Gasteiger partial charge on any atom is -0.504 e. The Morgan fingerprint density at radius 3 is 2.50 bits per heavy atom. The number of hydrogen-bond donors (Lipinski definition) is 2. The van der Waals surface area contributed by atoms with Gasteiger partial charge in [0.05, 0.1) is 5.92 Å². The van der Waals surface area contributed by atoms with E-state index in [1.165, 1.54) is 6.07 Å². The monoisotopic (exact) mass is 224 g/mol. The Labute approximate surface area is 94.5 Å². The summed E-state index contributed by atoms with van der Waals surface area (Å²) in [7, 11) is 0. The fourth-order valence-electron chi connectivity index (χ4n) is 1.31. The molecule has 2 N–H and O–H groups in total. The molecule has 0 radical (unpaired) electrons. The van der Waals surface area contributed by atoms with Crippen LogP contribution < -0.4 is 4.74 Å². The van der Waals surface area contributed by atoms with E-state index in [9.17, 15) is 9.90 Å². The Morgan fingerprint density at radius 1 is 1.38 bits per heavy atom. The van der Waals surface area contributed by atoms with E-state index in [4.69, 9.17) is 9.84 Å². The fourth-order valence-corrected chi connectivity index (χ4v) is 1.31. The molecule has 0 aliphatic heterocycles. The third-order valence-corrected chi connectivity index (χ3v) is 2.41. The van der Waals surface area contributed by atoms with Gasteiger partial charge < -0.3 is 14.9 Å². The number of carboxylic acids is 1. The number of carboxylic acid groups (broad SMARTS) is 1. The molecule has 16 heavy (non-hydrogen) atoms. The predicted molar refractivity (Wildman–Crippen MR) is 59.6 cm³/mol. The zero-order valence-electron chi connectivity index (χ0n) is 9.38. The van der Waals surface area contributed by atoms with Gasteiger partial charge in [-0.2, -0.15) is 0 Å². The molecule has 1 unspecified atom stereocenters. The smallest absolute Gasteiger partial charge is 0.310 e. The molecule has 4 nitrogen and oxygen atoms in total. The van der Waals surface area contributed by atoms with Gasteiger partial charge in [-0.15, -0.1) is 0 Å². The van der Waals surface area contributed by atoms with Crippen molar-refractivity contribution in [3.63, 3.8) is 0 Å². The number of ether oxygens (including phenoxy) is 1. The Balaban J connectivity index is 2.63. The number of para-hydroxylation sites is 2. The summed E-state index contributed by atoms with van der Waals surface area (Å²) in [6.07, 6.45) is 0. The van der Waals surface area contributed by atoms with E-state index in [1.807, 2.05) is 13.8 Å². The molecule has 0 saturated heterocycles. The summed E-state index contributed by atoms with van der Waals surface area (Å²) in [5.41, 5.74) is 0. The summed E-state index contributed by atoms with van der Waals surface area (Å²) in [4.78, 5) is 10.9. The largest absolute Gasteiger partial charge is 0.504 e. The van der Waals surface area contributed by atoms with Gasteiger partial charge in [-0.1, -0.05) is 26.0 Å². The average Bonchev–Trinajstić information content (AvgIpc) is 2.20. The van der Waals surface area contributed by atoms with Gasteiger partial charge in [0.1, 0.15) is 6.61 Å². The topological polar surface area (TPSA) is 66.8 Å². The number of rotatable bonds is 5. The molecule has 88 valence electrons. The highest BCUT2D eigenvalue weighted by Crippen LogP contribution is 2.25. The van der Waals surface area contributed by atoms with Gasteiger partial charge in [-0.3, -0.25) is 4.79 Å². The van der Waals surface area contributed by atoms with Crippen LogP contribution in [0, 0.1) is 11.8 Å². The van der Waals surface area contributed by atoms with E-state index in [-0.39, 0.29) is 18.3 Å². The Bertz CT molecular complexity index is 360. The standard InChI is InChI=1S/C12H16O4/c1-8(2)9(12(14)15)7-16-11-6-4-3-5-10(11)13/h3-6,8-9,13H,7H2,1-2H3,(H,14,15). The van der Waals surface area contributed by atoms with Gasteiger partial charge in [-0.05, 0) is 18.1 Å². The number of phenolic OH excluding ortho intramolecular Hbond substituents is 1. The average molecular weight is 224 g/mol. The number of carbonyl (C=O) groups is 1. The van der Waals surface area contributed by atoms with Crippen molar-refractivity contribution in [3.8, 4) is 11.5 Å². The van der Waals surface area contributed by atoms with Gasteiger partial charge >= 0.3 is 5.97 Å². The van der Waals surface area contributed by atoms with Crippen LogP contribution in [0.5, 0.6) is 11.5 Å². The molecule has 0 saturated carbocycles. The summed E-state index contributed by atoms with van der Waals surface area (Å²) in [6.45, 7) is 3.71. The van der Waals surface area contributed by atoms with E-state index in [0.29, 0.717) is 5.75 Å². The Hall–Kier alpha value is -1.71. The third kappa shape index (κ3) is 3.15. The van der Waals surface area contributed by atoms with Crippen molar-refractivity contribution in [1.29, 1.82) is 0 Å². The lowest BCUT2D eigenvalue weighted by Gasteiger charge is -2.17. The molecule has 1 aromatic rings. The molecule has 0 fully saturated rings. The second kappa shape index (κ2) is 5.39. The van der Waals surface area contributed by atoms with Crippen LogP contribution in [0.3, 0.4) is 0 Å². The second-order valence-corrected chi connectivity index (χ2v) is 3.97. The van der Waals surface area contributed by atoms with Crippen molar-refractivity contribution in [2.45, 2.75) is 13.8 Å². The van der Waals surface area contributed by atoms with Crippen LogP contribution in [0.25, 0.3) is 0 Å². The van der Waals surface area contributed by atoms with Crippen LogP contribution in [0.15, 0.2) is 24.3 Å². The zero-order valence-corrected chi connectivity index (χ0v) is 9.38. The molecular weight excluding hydrogens is 208 g/mol. The molecule has 0 aliphatic carbocycles. The van der Waals surface area contributed by atoms with E-state index >= 15 is 0 Å². The van der Waals surface area contributed by atoms with Gasteiger partial charge in [0.15, 0.2) is 11.5 Å². The van der Waals surface area contributed by atoms with Gasteiger partial charge in [0, 0.05) is 0 Å². The van der Waals surface area contributed by atoms with E-state index in [0.717, 1.165) is 0 Å². The van der Waals surface area contributed by atoms with Crippen LogP contribution in [0.4, 0.5) is 0 Å². The number of benzene rings is 1. The maximum absolute atomic E-state index is 10.9. The highest BCUT2D eigenvalue weighted by molar-refractivity contribution is 5.70. The molecule has 0 aromatic heterocycles. The molecule has 4 heteroatoms. The third-order valence-electron chi connectivity index (χ3n) is 2.41. The highest BCUT2D eigenvalue weighted by Gasteiger charge is 2.22. The van der Waals surface area contributed by atoms with Crippen LogP contribution in [0.1, 0.15) is 13.8 Å². The van der Waals surface area contributed by atoms with Crippen LogP contribution in [-0.4, -0.2) is 22.8 Å². The summed E-state index contributed by atoms with van der Waals surface area (Å²) in [5.74, 6) is -1.13. The number of phenols is 1. The van der Waals surface area contributed by atoms with Gasteiger partial charge in [0.2, 0.25) is 0 Å². The minimum absolute atomic E-state index is 0.0108. The van der Waals surface area contributed by atoms with Crippen molar-refractivity contribution < 1.29 is 19.7 Å². The van der Waals surface area contributed by atoms with Gasteiger partial charge in [0.25, 0.3) is 0 Å². The molecule has 1 atom stereocenters. The zero-order chi connectivity index (χ0) is 12.1. The first kappa shape index (κ1) is 12.4. The molecule has 0 spiro atoms. The van der Waals surface area contributed by atoms with Crippen molar-refractivity contribution in [3.05, 3.63) is 24.3 Å². The quantitative estimate of drug-likeness (QED) is 0.804. The van der Waals surface area contributed by atoms with Crippen molar-refractivity contribution in [2.75, 3.05) is 6.61 Å². The molecule has 1 aromatic carbocycles. The summed E-state index contributed by atoms with van der Waals surface area (Å²) in [6, 6.07) is 6.51. The Morgan fingerprint density at radius 2 is 2.00 bits per heavy atom. The lowest BCUT2D eigenvalue weighted by molar-refractivity contribution is -0.144. The second-order valence-electron chi connectivity index (χ2n) is 3.97. The summed E-state index contributed by atoms with van der Waals surface area (Å²) >= 11 is 0. The normalized spacial score (nSPS) is 12.4. The van der Waals surface area contributed by atoms with E-state index in [2.05, 4.69) is 0 Å². The molecule has 0 heterocycles. The molecule has 0 aliphatic rings. The first-order chi connectivity index (χ1) is 7.52. The van der Waals surface area contributed by atoms with Crippen LogP contribution in [0.2, 0.25) is 0 Å². The highest BCUT2D eigenvalue weighted by atomic mass is 16.5. The van der Waals surface area contributed by atoms with E-state index < -0.39 is 11.9 Å². The van der Waals surface area contributed by atoms with Crippen molar-refractivity contribution in [1.82, 2.24) is 0 Å². The molecular formula is C12H16O4. The fraction of sp³-hybridized carbons (Fsp3) is 0.417. The minimum atomic E-state index is -0.884. The van der Waals surface area contributed by atoms with Crippen LogP contribution >= 0.6 is 0 Å². The van der Waals surface area contributed by atoms with Crippen molar-refractivity contribution >= 4 is 5.97 Å². The maximum atomic E-state index is 10.9. The molecule has 0 amide bonds. The van der Waals surface area contributed by atoms with Crippen molar-refractivity contribution in [2.24, 2.45) is 11.8 Å². The number of aromatic hydroxyl groups is 1. The first-order valence-electron chi connectivity index (χ1n) is 5.16. The lowest BCUT2D eigenvalue weighted by atomic mass is 9.97. The van der Waals surface area contributed by atoms with E-state index in [1.54, 1.807) is 18.2 Å². The molecule has 1 rings (SSSR count). The Kier molecular flexibility index (Phi) is 4.17. The summed E-state index contributed by atoms with van der Waals surface area (Å²) in [5, 5.41) is 18.4. The number of hydrogen-bond acceptors (Lipinski definition) is 3. The summed E-state index contributed by atoms with van der Waals surface area (Å²) < 4.78 is 5.29. The van der Waals surface area contributed by atoms with Gasteiger partial charge in [-0.25, -0.2) is 0 Å². The van der Waals surface area contributed by atoms with Crippen LogP contribution in [-0.2, 0) is 4.79 Å². The first-order valence-corrected chi connectivity index (χ1v) is 5.16. The predicted octanol–water partition coefficient (Wildman–Crippen LogP) is 2.13. The number of aliphatic carboxylic acids is 1. The maximum Gasteiger partial charge on any atom is 0.310 e.